The van der Waals surface area contributed by atoms with Crippen LogP contribution >= 0.6 is 0 Å². The molecule has 5 rings (SSSR count). The topological polar surface area (TPSA) is 125 Å². The zero-order valence-electron chi connectivity index (χ0n) is 19.4. The van der Waals surface area contributed by atoms with Crippen molar-refractivity contribution < 1.29 is 34.1 Å². The number of hydrogen-bond acceptors (Lipinski definition) is 6. The fraction of sp³-hybridized carbons (Fsp3) is 0.423. The van der Waals surface area contributed by atoms with Gasteiger partial charge in [0.1, 0.15) is 6.61 Å². The highest BCUT2D eigenvalue weighted by atomic mass is 16.5. The summed E-state index contributed by atoms with van der Waals surface area (Å²) < 4.78 is 11.1. The number of carbonyl (C=O) groups excluding carboxylic acids is 2. The molecule has 1 aliphatic carbocycles. The molecule has 0 radical (unpaired) electrons. The summed E-state index contributed by atoms with van der Waals surface area (Å²) in [5.74, 6) is -1.80. The number of benzene rings is 2. The van der Waals surface area contributed by atoms with Gasteiger partial charge in [0.25, 0.3) is 0 Å². The monoisotopic (exact) mass is 480 g/mol. The van der Waals surface area contributed by atoms with Crippen molar-refractivity contribution in [1.82, 2.24) is 10.2 Å². The Balaban J connectivity index is 1.24. The molecule has 2 saturated heterocycles. The number of carboxylic acids is 1. The lowest BCUT2D eigenvalue weighted by atomic mass is 9.83. The predicted octanol–water partition coefficient (Wildman–Crippen LogP) is 1.98. The molecule has 0 aromatic heterocycles. The maximum atomic E-state index is 13.3. The maximum absolute atomic E-state index is 13.3. The highest BCUT2D eigenvalue weighted by Crippen LogP contribution is 2.44. The molecule has 3 N–H and O–H groups in total. The molecule has 2 aromatic carbocycles. The number of nitrogens with one attached hydrogen (secondary N) is 1. The van der Waals surface area contributed by atoms with Gasteiger partial charge in [0, 0.05) is 18.9 Å². The van der Waals surface area contributed by atoms with Gasteiger partial charge in [-0.2, -0.15) is 0 Å². The van der Waals surface area contributed by atoms with E-state index in [0.29, 0.717) is 0 Å². The van der Waals surface area contributed by atoms with Gasteiger partial charge in [-0.25, -0.2) is 9.59 Å². The number of rotatable bonds is 5. The van der Waals surface area contributed by atoms with Crippen LogP contribution in [0.3, 0.4) is 0 Å². The first-order valence-corrected chi connectivity index (χ1v) is 11.7. The molecule has 2 aliphatic heterocycles. The third-order valence-electron chi connectivity index (χ3n) is 7.51. The lowest BCUT2D eigenvalue weighted by Gasteiger charge is -2.33. The van der Waals surface area contributed by atoms with Crippen molar-refractivity contribution in [3.63, 3.8) is 0 Å². The molecule has 9 nitrogen and oxygen atoms in total. The minimum atomic E-state index is -1.96. The zero-order chi connectivity index (χ0) is 24.8. The van der Waals surface area contributed by atoms with E-state index < -0.39 is 29.1 Å². The smallest absolute Gasteiger partial charge is 0.407 e. The minimum Gasteiger partial charge on any atom is -0.479 e. The van der Waals surface area contributed by atoms with Crippen molar-refractivity contribution in [3.8, 4) is 11.1 Å². The van der Waals surface area contributed by atoms with Gasteiger partial charge in [-0.15, -0.1) is 0 Å². The Labute approximate surface area is 202 Å². The summed E-state index contributed by atoms with van der Waals surface area (Å²) in [5.41, 5.74) is 1.41. The van der Waals surface area contributed by atoms with Gasteiger partial charge in [-0.05, 0) is 29.2 Å². The second-order valence-corrected chi connectivity index (χ2v) is 9.77. The van der Waals surface area contributed by atoms with Crippen LogP contribution in [-0.2, 0) is 19.1 Å². The first kappa shape index (κ1) is 23.3. The van der Waals surface area contributed by atoms with Gasteiger partial charge in [0.2, 0.25) is 5.91 Å². The summed E-state index contributed by atoms with van der Waals surface area (Å²) in [5, 5.41) is 22.3. The number of ether oxygens (including phenoxy) is 2. The normalized spacial score (nSPS) is 27.4. The second kappa shape index (κ2) is 8.66. The number of amides is 2. The lowest BCUT2D eigenvalue weighted by molar-refractivity contribution is -0.158. The first-order chi connectivity index (χ1) is 16.7. The van der Waals surface area contributed by atoms with Gasteiger partial charge in [-0.1, -0.05) is 48.5 Å². The Morgan fingerprint density at radius 1 is 1.11 bits per heavy atom. The van der Waals surface area contributed by atoms with Crippen LogP contribution in [0.4, 0.5) is 4.79 Å². The Morgan fingerprint density at radius 2 is 1.74 bits per heavy atom. The van der Waals surface area contributed by atoms with Gasteiger partial charge in [0.15, 0.2) is 5.60 Å². The fourth-order valence-corrected chi connectivity index (χ4v) is 5.37. The zero-order valence-corrected chi connectivity index (χ0v) is 19.4. The maximum Gasteiger partial charge on any atom is 0.407 e. The number of carbonyl (C=O) groups is 3. The molecule has 0 saturated carbocycles. The van der Waals surface area contributed by atoms with Gasteiger partial charge >= 0.3 is 12.1 Å². The number of aliphatic carboxylic acids is 1. The van der Waals surface area contributed by atoms with Gasteiger partial charge in [0.05, 0.1) is 31.2 Å². The van der Waals surface area contributed by atoms with E-state index in [2.05, 4.69) is 17.4 Å². The molecular formula is C26H28N2O7. The molecule has 2 heterocycles. The van der Waals surface area contributed by atoms with Crippen molar-refractivity contribution in [3.05, 3.63) is 59.7 Å². The van der Waals surface area contributed by atoms with Crippen LogP contribution in [-0.4, -0.2) is 77.6 Å². The Hall–Kier alpha value is -3.43. The highest BCUT2D eigenvalue weighted by Gasteiger charge is 2.53. The number of aliphatic hydroxyl groups is 1. The van der Waals surface area contributed by atoms with Crippen LogP contribution < -0.4 is 5.32 Å². The molecule has 3 aliphatic rings. The molecule has 184 valence electrons. The molecule has 35 heavy (non-hydrogen) atoms. The summed E-state index contributed by atoms with van der Waals surface area (Å²) in [6, 6.07) is 15.5. The second-order valence-electron chi connectivity index (χ2n) is 9.77. The molecule has 0 bridgehead atoms. The van der Waals surface area contributed by atoms with Gasteiger partial charge in [-0.3, -0.25) is 4.79 Å². The van der Waals surface area contributed by atoms with E-state index in [4.69, 9.17) is 9.47 Å². The summed E-state index contributed by atoms with van der Waals surface area (Å²) in [6.45, 7) is 1.85. The number of fused-ring (bicyclic) bond motifs is 3. The Bertz CT molecular complexity index is 1140. The summed E-state index contributed by atoms with van der Waals surface area (Å²) in [6.07, 6.45) is -0.694. The summed E-state index contributed by atoms with van der Waals surface area (Å²) in [7, 11) is 0. The fourth-order valence-electron chi connectivity index (χ4n) is 5.37. The number of β-amino-alcohol motifs (C(OH)–C–C–N with tert-alkyl or cyclic N) is 1. The number of likely N-dealkylation sites (tertiary alicyclic amines) is 1. The number of alkyl carbamates (subject to hydrolysis) is 1. The van der Waals surface area contributed by atoms with Crippen LogP contribution in [0.2, 0.25) is 0 Å². The van der Waals surface area contributed by atoms with Crippen molar-refractivity contribution in [2.45, 2.75) is 30.9 Å². The van der Waals surface area contributed by atoms with Crippen LogP contribution in [0.5, 0.6) is 0 Å². The van der Waals surface area contributed by atoms with Crippen molar-refractivity contribution in [2.24, 2.45) is 5.41 Å². The van der Waals surface area contributed by atoms with E-state index in [1.807, 2.05) is 36.4 Å². The number of nitrogens with zero attached hydrogens (tertiary/aromatic N) is 1. The van der Waals surface area contributed by atoms with Crippen molar-refractivity contribution in [2.75, 3.05) is 32.9 Å². The molecule has 2 fully saturated rings. The quantitative estimate of drug-likeness (QED) is 0.598. The SMILES string of the molecule is CC1(C(=O)N2CCC(O)(C(=O)O)C2)COCC1NC(=O)OCC1c2ccccc2-c2ccccc21. The van der Waals surface area contributed by atoms with Crippen molar-refractivity contribution in [1.29, 1.82) is 0 Å². The van der Waals surface area contributed by atoms with E-state index in [9.17, 15) is 24.6 Å². The predicted molar refractivity (Wildman–Crippen MR) is 125 cm³/mol. The van der Waals surface area contributed by atoms with E-state index >= 15 is 0 Å². The Morgan fingerprint density at radius 3 is 2.34 bits per heavy atom. The van der Waals surface area contributed by atoms with Gasteiger partial charge < -0.3 is 29.9 Å². The van der Waals surface area contributed by atoms with E-state index in [1.165, 1.54) is 4.90 Å². The first-order valence-electron chi connectivity index (χ1n) is 11.7. The third-order valence-corrected chi connectivity index (χ3v) is 7.51. The largest absolute Gasteiger partial charge is 0.479 e. The van der Waals surface area contributed by atoms with E-state index in [-0.39, 0.29) is 51.2 Å². The molecular weight excluding hydrogens is 452 g/mol. The van der Waals surface area contributed by atoms with E-state index in [1.54, 1.807) is 6.92 Å². The van der Waals surface area contributed by atoms with Crippen molar-refractivity contribution >= 4 is 18.0 Å². The summed E-state index contributed by atoms with van der Waals surface area (Å²) >= 11 is 0. The van der Waals surface area contributed by atoms with Crippen LogP contribution in [0.1, 0.15) is 30.4 Å². The molecule has 9 heteroatoms. The van der Waals surface area contributed by atoms with Crippen LogP contribution in [0.15, 0.2) is 48.5 Å². The summed E-state index contributed by atoms with van der Waals surface area (Å²) in [4.78, 5) is 38.7. The highest BCUT2D eigenvalue weighted by molar-refractivity contribution is 5.87. The molecule has 2 amide bonds. The average Bonchev–Trinajstić information content (AvgIpc) is 3.52. The molecule has 0 spiro atoms. The van der Waals surface area contributed by atoms with E-state index in [0.717, 1.165) is 22.3 Å². The number of hydrogen-bond donors (Lipinski definition) is 3. The minimum absolute atomic E-state index is 0.0461. The standard InChI is InChI=1S/C26H28N2O7/c1-25(22(29)28-11-10-26(33,14-28)23(30)31)15-34-13-21(25)27-24(32)35-12-20-18-8-4-2-6-16(18)17-7-3-5-9-19(17)20/h2-9,20-21,33H,10-15H2,1H3,(H,27,32)(H,30,31). The molecule has 3 unspecified atom stereocenters. The third kappa shape index (κ3) is 3.94. The number of carboxylic acid groups (broad SMARTS) is 1. The van der Waals surface area contributed by atoms with Crippen LogP contribution in [0, 0.1) is 5.41 Å². The molecule has 2 aromatic rings. The van der Waals surface area contributed by atoms with Crippen LogP contribution in [0.25, 0.3) is 11.1 Å². The lowest BCUT2D eigenvalue weighted by Crippen LogP contribution is -2.55. The Kier molecular flexibility index (Phi) is 5.77. The molecule has 3 atom stereocenters. The average molecular weight is 481 g/mol.